The number of carbonyl (C=O) groups excluding carboxylic acids is 2. The predicted molar refractivity (Wildman–Crippen MR) is 99.1 cm³/mol. The number of hydrogen-bond donors (Lipinski definition) is 3. The third-order valence-corrected chi connectivity index (χ3v) is 3.62. The molecular formula is C18H23ClN4O2. The largest absolute Gasteiger partial charge is 0.350 e. The Hall–Kier alpha value is -2.34. The van der Waals surface area contributed by atoms with E-state index in [0.717, 1.165) is 12.1 Å². The summed E-state index contributed by atoms with van der Waals surface area (Å²) in [5.74, 6) is -0.216. The molecule has 0 saturated carbocycles. The lowest BCUT2D eigenvalue weighted by molar-refractivity contribution is 0.0944. The van der Waals surface area contributed by atoms with Crippen molar-refractivity contribution >= 4 is 29.1 Å². The van der Waals surface area contributed by atoms with Crippen molar-refractivity contribution in [2.75, 3.05) is 5.32 Å². The fourth-order valence-electron chi connectivity index (χ4n) is 2.37. The monoisotopic (exact) mass is 362 g/mol. The number of nitrogens with one attached hydrogen (secondary N) is 3. The van der Waals surface area contributed by atoms with Gasteiger partial charge < -0.3 is 10.6 Å². The number of anilines is 1. The van der Waals surface area contributed by atoms with Gasteiger partial charge in [0.05, 0.1) is 11.3 Å². The maximum Gasteiger partial charge on any atom is 0.276 e. The Balaban J connectivity index is 2.21. The lowest BCUT2D eigenvalue weighted by Gasteiger charge is -2.13. The number of rotatable bonds is 6. The molecular weight excluding hydrogens is 340 g/mol. The van der Waals surface area contributed by atoms with Crippen molar-refractivity contribution in [1.29, 1.82) is 0 Å². The van der Waals surface area contributed by atoms with E-state index in [1.54, 1.807) is 24.3 Å². The smallest absolute Gasteiger partial charge is 0.276 e. The van der Waals surface area contributed by atoms with Crippen LogP contribution in [0.25, 0.3) is 0 Å². The minimum atomic E-state index is -0.396. The maximum absolute atomic E-state index is 12.5. The van der Waals surface area contributed by atoms with Crippen LogP contribution in [-0.2, 0) is 6.42 Å². The van der Waals surface area contributed by atoms with E-state index in [9.17, 15) is 9.59 Å². The highest BCUT2D eigenvalue weighted by atomic mass is 35.5. The summed E-state index contributed by atoms with van der Waals surface area (Å²) in [5, 5.41) is 12.9. The second kappa shape index (κ2) is 8.16. The zero-order chi connectivity index (χ0) is 18.6. The Labute approximate surface area is 152 Å². The molecule has 0 saturated heterocycles. The fraction of sp³-hybridized carbons (Fsp3) is 0.389. The van der Waals surface area contributed by atoms with Crippen LogP contribution < -0.4 is 10.6 Å². The van der Waals surface area contributed by atoms with Crippen LogP contribution in [0.3, 0.4) is 0 Å². The zero-order valence-corrected chi connectivity index (χ0v) is 15.6. The summed E-state index contributed by atoms with van der Waals surface area (Å²) < 4.78 is 0. The lowest BCUT2D eigenvalue weighted by atomic mass is 10.1. The van der Waals surface area contributed by atoms with Crippen molar-refractivity contribution in [1.82, 2.24) is 15.5 Å². The first kappa shape index (κ1) is 19.0. The summed E-state index contributed by atoms with van der Waals surface area (Å²) in [6.45, 7) is 7.91. The van der Waals surface area contributed by atoms with Crippen LogP contribution in [0, 0.1) is 5.92 Å². The van der Waals surface area contributed by atoms with Crippen LogP contribution in [0.4, 0.5) is 5.69 Å². The Morgan fingerprint density at radius 1 is 1.16 bits per heavy atom. The van der Waals surface area contributed by atoms with Crippen molar-refractivity contribution in [2.45, 2.75) is 40.2 Å². The lowest BCUT2D eigenvalue weighted by Crippen LogP contribution is -2.31. The number of aromatic amines is 1. The van der Waals surface area contributed by atoms with Gasteiger partial charge in [-0.05, 0) is 50.5 Å². The molecule has 2 rings (SSSR count). The summed E-state index contributed by atoms with van der Waals surface area (Å²) in [4.78, 5) is 24.8. The maximum atomic E-state index is 12.5. The molecule has 1 aromatic heterocycles. The van der Waals surface area contributed by atoms with E-state index >= 15 is 0 Å². The summed E-state index contributed by atoms with van der Waals surface area (Å²) in [7, 11) is 0. The van der Waals surface area contributed by atoms with E-state index in [1.165, 1.54) is 0 Å². The van der Waals surface area contributed by atoms with E-state index < -0.39 is 5.91 Å². The minimum Gasteiger partial charge on any atom is -0.350 e. The quantitative estimate of drug-likeness (QED) is 0.733. The van der Waals surface area contributed by atoms with Gasteiger partial charge in [-0.3, -0.25) is 14.7 Å². The van der Waals surface area contributed by atoms with Crippen molar-refractivity contribution in [3.63, 3.8) is 0 Å². The molecule has 0 fully saturated rings. The molecule has 3 N–H and O–H groups in total. The van der Waals surface area contributed by atoms with E-state index in [2.05, 4.69) is 34.7 Å². The fourth-order valence-corrected chi connectivity index (χ4v) is 2.54. The van der Waals surface area contributed by atoms with Crippen LogP contribution in [0.2, 0.25) is 5.02 Å². The van der Waals surface area contributed by atoms with E-state index in [-0.39, 0.29) is 17.6 Å². The molecule has 0 aliphatic rings. The molecule has 134 valence electrons. The highest BCUT2D eigenvalue weighted by molar-refractivity contribution is 6.31. The molecule has 0 spiro atoms. The first-order valence-electron chi connectivity index (χ1n) is 8.22. The summed E-state index contributed by atoms with van der Waals surface area (Å²) in [6.07, 6.45) is 0.805. The molecule has 0 unspecified atom stereocenters. The van der Waals surface area contributed by atoms with Gasteiger partial charge in [-0.2, -0.15) is 5.10 Å². The van der Waals surface area contributed by atoms with Crippen LogP contribution in [0.1, 0.15) is 54.2 Å². The van der Waals surface area contributed by atoms with Crippen molar-refractivity contribution < 1.29 is 9.59 Å². The van der Waals surface area contributed by atoms with Gasteiger partial charge in [0, 0.05) is 16.8 Å². The molecule has 6 nitrogen and oxygen atoms in total. The van der Waals surface area contributed by atoms with Crippen LogP contribution >= 0.6 is 11.6 Å². The number of amides is 2. The Kier molecular flexibility index (Phi) is 6.20. The third kappa shape index (κ3) is 5.32. The van der Waals surface area contributed by atoms with Gasteiger partial charge in [0.1, 0.15) is 0 Å². The molecule has 0 atom stereocenters. The summed E-state index contributed by atoms with van der Waals surface area (Å²) >= 11 is 6.01. The molecule has 0 aliphatic heterocycles. The summed E-state index contributed by atoms with van der Waals surface area (Å²) in [6, 6.07) is 6.45. The molecule has 1 heterocycles. The Morgan fingerprint density at radius 2 is 1.88 bits per heavy atom. The Morgan fingerprint density at radius 3 is 2.52 bits per heavy atom. The van der Waals surface area contributed by atoms with Crippen LogP contribution in [0.5, 0.6) is 0 Å². The number of H-pyrrole nitrogens is 1. The predicted octanol–water partition coefficient (Wildman–Crippen LogP) is 3.65. The Bertz CT molecular complexity index is 768. The topological polar surface area (TPSA) is 86.9 Å². The molecule has 0 aliphatic carbocycles. The minimum absolute atomic E-state index is 0.0170. The summed E-state index contributed by atoms with van der Waals surface area (Å²) in [5.41, 5.74) is 1.86. The van der Waals surface area contributed by atoms with Crippen molar-refractivity contribution in [3.8, 4) is 0 Å². The SMILES string of the molecule is CC(C)Cc1cc(C(=O)Nc2cc(Cl)ccc2C(=O)NC(C)C)n[nH]1. The van der Waals surface area contributed by atoms with Gasteiger partial charge >= 0.3 is 0 Å². The number of halogens is 1. The van der Waals surface area contributed by atoms with Gasteiger partial charge in [0.2, 0.25) is 0 Å². The van der Waals surface area contributed by atoms with E-state index in [1.807, 2.05) is 13.8 Å². The molecule has 1 aromatic carbocycles. The highest BCUT2D eigenvalue weighted by Crippen LogP contribution is 2.22. The molecule has 2 aromatic rings. The van der Waals surface area contributed by atoms with E-state index in [0.29, 0.717) is 22.2 Å². The number of nitrogens with zero attached hydrogens (tertiary/aromatic N) is 1. The number of benzene rings is 1. The van der Waals surface area contributed by atoms with Crippen molar-refractivity contribution in [2.24, 2.45) is 5.92 Å². The van der Waals surface area contributed by atoms with Gasteiger partial charge in [-0.15, -0.1) is 0 Å². The molecule has 2 amide bonds. The molecule has 0 radical (unpaired) electrons. The normalized spacial score (nSPS) is 11.0. The van der Waals surface area contributed by atoms with E-state index in [4.69, 9.17) is 11.6 Å². The number of carbonyl (C=O) groups is 2. The molecule has 25 heavy (non-hydrogen) atoms. The van der Waals surface area contributed by atoms with Crippen LogP contribution in [-0.4, -0.2) is 28.1 Å². The number of aromatic nitrogens is 2. The number of hydrogen-bond acceptors (Lipinski definition) is 3. The molecule has 0 bridgehead atoms. The third-order valence-electron chi connectivity index (χ3n) is 3.39. The average Bonchev–Trinajstić information content (AvgIpc) is 2.94. The highest BCUT2D eigenvalue weighted by Gasteiger charge is 2.17. The first-order valence-corrected chi connectivity index (χ1v) is 8.60. The second-order valence-corrected chi connectivity index (χ2v) is 7.09. The first-order chi connectivity index (χ1) is 11.8. The van der Waals surface area contributed by atoms with Gasteiger partial charge in [-0.25, -0.2) is 0 Å². The molecule has 7 heteroatoms. The van der Waals surface area contributed by atoms with Gasteiger partial charge in [-0.1, -0.05) is 25.4 Å². The van der Waals surface area contributed by atoms with Crippen molar-refractivity contribution in [3.05, 3.63) is 46.2 Å². The van der Waals surface area contributed by atoms with Gasteiger partial charge in [0.15, 0.2) is 5.69 Å². The average molecular weight is 363 g/mol. The second-order valence-electron chi connectivity index (χ2n) is 6.65. The van der Waals surface area contributed by atoms with Gasteiger partial charge in [0.25, 0.3) is 11.8 Å². The van der Waals surface area contributed by atoms with Crippen LogP contribution in [0.15, 0.2) is 24.3 Å². The standard InChI is InChI=1S/C18H23ClN4O2/c1-10(2)7-13-9-16(23-22-13)18(25)21-15-8-12(19)5-6-14(15)17(24)20-11(3)4/h5-6,8-11H,7H2,1-4H3,(H,20,24)(H,21,25)(H,22,23). The zero-order valence-electron chi connectivity index (χ0n) is 14.8.